The summed E-state index contributed by atoms with van der Waals surface area (Å²) in [5.41, 5.74) is 5.87. The second-order valence-corrected chi connectivity index (χ2v) is 7.52. The van der Waals surface area contributed by atoms with Crippen LogP contribution >= 0.6 is 0 Å². The van der Waals surface area contributed by atoms with Gasteiger partial charge < -0.3 is 10.5 Å². The minimum atomic E-state index is -3.15. The first-order chi connectivity index (χ1) is 8.49. The van der Waals surface area contributed by atoms with Gasteiger partial charge in [0.25, 0.3) is 0 Å². The molecule has 0 aromatic heterocycles. The Balaban J connectivity index is 1.87. The largest absolute Gasteiger partial charge is 0.377 e. The molecule has 0 bridgehead atoms. The first-order valence-corrected chi connectivity index (χ1v) is 8.45. The van der Waals surface area contributed by atoms with Gasteiger partial charge in [-0.3, -0.25) is 0 Å². The molecule has 2 N–H and O–H groups in total. The topological polar surface area (TPSA) is 72.6 Å². The van der Waals surface area contributed by atoms with E-state index in [1.165, 1.54) is 0 Å². The van der Waals surface area contributed by atoms with Gasteiger partial charge in [0.1, 0.15) is 0 Å². The van der Waals surface area contributed by atoms with Gasteiger partial charge in [0, 0.05) is 25.7 Å². The van der Waals surface area contributed by atoms with Crippen LogP contribution in [-0.4, -0.2) is 50.3 Å². The van der Waals surface area contributed by atoms with E-state index in [1.54, 1.807) is 4.31 Å². The Morgan fingerprint density at radius 2 is 2.00 bits per heavy atom. The fraction of sp³-hybridized carbons (Fsp3) is 1.00. The summed E-state index contributed by atoms with van der Waals surface area (Å²) < 4.78 is 31.5. The van der Waals surface area contributed by atoms with Crippen molar-refractivity contribution in [3.8, 4) is 0 Å². The van der Waals surface area contributed by atoms with Crippen molar-refractivity contribution >= 4 is 10.0 Å². The molecular formula is C12H24N2O3S. The maximum Gasteiger partial charge on any atom is 0.216 e. The first kappa shape index (κ1) is 14.2. The number of nitrogens with two attached hydrogens (primary N) is 1. The minimum absolute atomic E-state index is 0.0962. The van der Waals surface area contributed by atoms with Crippen molar-refractivity contribution in [3.63, 3.8) is 0 Å². The number of hydrogen-bond acceptors (Lipinski definition) is 4. The van der Waals surface area contributed by atoms with Crippen molar-refractivity contribution < 1.29 is 13.2 Å². The number of ether oxygens (including phenoxy) is 1. The van der Waals surface area contributed by atoms with Crippen molar-refractivity contribution in [3.05, 3.63) is 0 Å². The van der Waals surface area contributed by atoms with Gasteiger partial charge in [-0.25, -0.2) is 12.7 Å². The van der Waals surface area contributed by atoms with Crippen LogP contribution in [0.2, 0.25) is 0 Å². The van der Waals surface area contributed by atoms with Gasteiger partial charge in [0.15, 0.2) is 0 Å². The zero-order valence-corrected chi connectivity index (χ0v) is 11.9. The Labute approximate surface area is 110 Å². The summed E-state index contributed by atoms with van der Waals surface area (Å²) in [5.74, 6) is 0.606. The summed E-state index contributed by atoms with van der Waals surface area (Å²) in [7, 11) is -3.15. The molecule has 2 aliphatic heterocycles. The first-order valence-electron chi connectivity index (χ1n) is 6.84. The van der Waals surface area contributed by atoms with Crippen LogP contribution in [0.3, 0.4) is 0 Å². The smallest absolute Gasteiger partial charge is 0.216 e. The highest BCUT2D eigenvalue weighted by Gasteiger charge is 2.32. The summed E-state index contributed by atoms with van der Waals surface area (Å²) in [5, 5.41) is 0. The molecule has 106 valence electrons. The number of piperidine rings is 1. The predicted octanol–water partition coefficient (Wildman–Crippen LogP) is 0.554. The Morgan fingerprint density at radius 1 is 1.33 bits per heavy atom. The average molecular weight is 276 g/mol. The third-order valence-corrected chi connectivity index (χ3v) is 6.00. The lowest BCUT2D eigenvalue weighted by atomic mass is 9.92. The molecule has 2 saturated heterocycles. The number of nitrogens with zero attached hydrogens (tertiary/aromatic N) is 1. The number of sulfonamides is 1. The molecule has 0 saturated carbocycles. The Morgan fingerprint density at radius 3 is 2.50 bits per heavy atom. The molecule has 18 heavy (non-hydrogen) atoms. The van der Waals surface area contributed by atoms with Crippen LogP contribution in [0.5, 0.6) is 0 Å². The van der Waals surface area contributed by atoms with Crippen LogP contribution in [0.15, 0.2) is 0 Å². The van der Waals surface area contributed by atoms with Crippen molar-refractivity contribution in [2.45, 2.75) is 44.8 Å². The molecule has 0 spiro atoms. The predicted molar refractivity (Wildman–Crippen MR) is 70.7 cm³/mol. The molecule has 2 heterocycles. The lowest BCUT2D eigenvalue weighted by Gasteiger charge is -2.33. The Kier molecular flexibility index (Phi) is 4.64. The molecule has 2 unspecified atom stereocenters. The van der Waals surface area contributed by atoms with Crippen LogP contribution in [0, 0.1) is 5.92 Å². The quantitative estimate of drug-likeness (QED) is 0.814. The summed E-state index contributed by atoms with van der Waals surface area (Å²) in [6.45, 7) is 3.93. The van der Waals surface area contributed by atoms with Gasteiger partial charge in [-0.05, 0) is 38.5 Å². The zero-order chi connectivity index (χ0) is 13.2. The van der Waals surface area contributed by atoms with Crippen molar-refractivity contribution in [1.82, 2.24) is 4.31 Å². The standard InChI is InChI=1S/C12H24N2O3S/c1-10(13)11-4-6-14(7-5-11)18(15,16)9-12-3-2-8-17-12/h10-12H,2-9,13H2,1H3. The van der Waals surface area contributed by atoms with Gasteiger partial charge in [0.2, 0.25) is 10.0 Å². The van der Waals surface area contributed by atoms with Crippen molar-refractivity contribution in [1.29, 1.82) is 0 Å². The van der Waals surface area contributed by atoms with E-state index < -0.39 is 10.0 Å². The highest BCUT2D eigenvalue weighted by atomic mass is 32.2. The number of rotatable bonds is 4. The molecule has 0 aromatic rings. The van der Waals surface area contributed by atoms with Crippen molar-refractivity contribution in [2.24, 2.45) is 11.7 Å². The monoisotopic (exact) mass is 276 g/mol. The van der Waals surface area contributed by atoms with Crippen LogP contribution in [0.4, 0.5) is 0 Å². The second-order valence-electron chi connectivity index (χ2n) is 5.51. The maximum absolute atomic E-state index is 12.2. The van der Waals surface area contributed by atoms with E-state index in [1.807, 2.05) is 6.92 Å². The third kappa shape index (κ3) is 3.44. The maximum atomic E-state index is 12.2. The van der Waals surface area contributed by atoms with Crippen LogP contribution < -0.4 is 5.73 Å². The van der Waals surface area contributed by atoms with Gasteiger partial charge in [0.05, 0.1) is 11.9 Å². The van der Waals surface area contributed by atoms with Gasteiger partial charge in [-0.2, -0.15) is 0 Å². The van der Waals surface area contributed by atoms with E-state index in [9.17, 15) is 8.42 Å². The molecular weight excluding hydrogens is 252 g/mol. The van der Waals surface area contributed by atoms with Crippen LogP contribution in [0.1, 0.15) is 32.6 Å². The van der Waals surface area contributed by atoms with Crippen molar-refractivity contribution in [2.75, 3.05) is 25.4 Å². The van der Waals surface area contributed by atoms with Crippen LogP contribution in [0.25, 0.3) is 0 Å². The lowest BCUT2D eigenvalue weighted by molar-refractivity contribution is 0.125. The second kappa shape index (κ2) is 5.86. The molecule has 0 aromatic carbocycles. The molecule has 0 amide bonds. The molecule has 6 heteroatoms. The van der Waals surface area contributed by atoms with Gasteiger partial charge in [-0.1, -0.05) is 0 Å². The molecule has 0 aliphatic carbocycles. The number of hydrogen-bond donors (Lipinski definition) is 1. The summed E-state index contributed by atoms with van der Waals surface area (Å²) in [6, 6.07) is 0.160. The average Bonchev–Trinajstić information content (AvgIpc) is 2.81. The molecule has 5 nitrogen and oxygen atoms in total. The molecule has 2 aliphatic rings. The minimum Gasteiger partial charge on any atom is -0.377 e. The van der Waals surface area contributed by atoms with E-state index in [4.69, 9.17) is 10.5 Å². The van der Waals surface area contributed by atoms with Crippen LogP contribution in [-0.2, 0) is 14.8 Å². The van der Waals surface area contributed by atoms with E-state index in [0.29, 0.717) is 25.6 Å². The van der Waals surface area contributed by atoms with Gasteiger partial charge >= 0.3 is 0 Å². The fourth-order valence-electron chi connectivity index (χ4n) is 2.80. The summed E-state index contributed by atoms with van der Waals surface area (Å²) >= 11 is 0. The lowest BCUT2D eigenvalue weighted by Crippen LogP contribution is -2.44. The third-order valence-electron chi connectivity index (χ3n) is 4.06. The molecule has 0 radical (unpaired) electrons. The van der Waals surface area contributed by atoms with E-state index in [-0.39, 0.29) is 17.9 Å². The zero-order valence-electron chi connectivity index (χ0n) is 11.0. The van der Waals surface area contributed by atoms with E-state index in [0.717, 1.165) is 25.7 Å². The van der Waals surface area contributed by atoms with E-state index in [2.05, 4.69) is 0 Å². The van der Waals surface area contributed by atoms with E-state index >= 15 is 0 Å². The summed E-state index contributed by atoms with van der Waals surface area (Å²) in [6.07, 6.45) is 3.51. The van der Waals surface area contributed by atoms with Gasteiger partial charge in [-0.15, -0.1) is 0 Å². The fourth-order valence-corrected chi connectivity index (χ4v) is 4.51. The Bertz CT molecular complexity index is 356. The molecule has 2 rings (SSSR count). The molecule has 2 fully saturated rings. The Hall–Kier alpha value is -0.170. The highest BCUT2D eigenvalue weighted by molar-refractivity contribution is 7.89. The SMILES string of the molecule is CC(N)C1CCN(S(=O)(=O)CC2CCCO2)CC1. The summed E-state index contributed by atoms with van der Waals surface area (Å²) in [4.78, 5) is 0. The normalized spacial score (nSPS) is 29.6. The molecule has 2 atom stereocenters. The highest BCUT2D eigenvalue weighted by Crippen LogP contribution is 2.23.